The molecule has 8 nitrogen and oxygen atoms in total. The lowest BCUT2D eigenvalue weighted by Gasteiger charge is -2.41. The van der Waals surface area contributed by atoms with E-state index in [2.05, 4.69) is 29.6 Å². The van der Waals surface area contributed by atoms with Crippen LogP contribution in [0.25, 0.3) is 11.1 Å². The van der Waals surface area contributed by atoms with Crippen molar-refractivity contribution in [1.82, 2.24) is 15.1 Å². The number of aliphatic carboxylic acids is 1. The number of carboxylic acid groups (broad SMARTS) is 1. The number of alkyl carbamates (subject to hydrolysis) is 1. The summed E-state index contributed by atoms with van der Waals surface area (Å²) in [4.78, 5) is 40.8. The first-order valence-corrected chi connectivity index (χ1v) is 12.1. The molecule has 1 heterocycles. The Morgan fingerprint density at radius 2 is 1.66 bits per heavy atom. The Balaban J connectivity index is 1.36. The van der Waals surface area contributed by atoms with Gasteiger partial charge in [0.15, 0.2) is 0 Å². The van der Waals surface area contributed by atoms with E-state index in [-0.39, 0.29) is 31.5 Å². The minimum absolute atomic E-state index is 0.0365. The minimum atomic E-state index is -0.944. The summed E-state index contributed by atoms with van der Waals surface area (Å²) in [5.41, 5.74) is 3.74. The van der Waals surface area contributed by atoms with Gasteiger partial charge in [0.2, 0.25) is 5.91 Å². The van der Waals surface area contributed by atoms with E-state index in [1.165, 1.54) is 0 Å². The van der Waals surface area contributed by atoms with E-state index >= 15 is 0 Å². The molecule has 4 rings (SSSR count). The average Bonchev–Trinajstić information content (AvgIpc) is 3.19. The van der Waals surface area contributed by atoms with Crippen LogP contribution in [0.4, 0.5) is 4.79 Å². The summed E-state index contributed by atoms with van der Waals surface area (Å²) in [6, 6.07) is 15.6. The first-order chi connectivity index (χ1) is 16.7. The van der Waals surface area contributed by atoms with Crippen LogP contribution in [0.15, 0.2) is 48.5 Å². The van der Waals surface area contributed by atoms with Gasteiger partial charge in [0.05, 0.1) is 5.41 Å². The zero-order valence-electron chi connectivity index (χ0n) is 20.5. The fraction of sp³-hybridized carbons (Fsp3) is 0.444. The number of benzene rings is 2. The number of rotatable bonds is 7. The number of nitrogens with zero attached hydrogens (tertiary/aromatic N) is 2. The number of piperazine rings is 1. The van der Waals surface area contributed by atoms with Gasteiger partial charge in [-0.2, -0.15) is 0 Å². The molecule has 8 heteroatoms. The van der Waals surface area contributed by atoms with E-state index in [0.29, 0.717) is 19.5 Å². The highest BCUT2D eigenvalue weighted by atomic mass is 16.5. The van der Waals surface area contributed by atoms with Crippen LogP contribution in [-0.2, 0) is 14.3 Å². The van der Waals surface area contributed by atoms with Crippen molar-refractivity contribution in [2.75, 3.05) is 39.8 Å². The molecule has 35 heavy (non-hydrogen) atoms. The Morgan fingerprint density at radius 3 is 2.23 bits per heavy atom. The Hall–Kier alpha value is -3.39. The second-order valence-electron chi connectivity index (χ2n) is 9.68. The van der Waals surface area contributed by atoms with Crippen molar-refractivity contribution in [1.29, 1.82) is 0 Å². The van der Waals surface area contributed by atoms with Crippen molar-refractivity contribution in [2.24, 2.45) is 5.41 Å². The number of carboxylic acids is 1. The second-order valence-corrected chi connectivity index (χ2v) is 9.68. The lowest BCUT2D eigenvalue weighted by atomic mass is 9.85. The molecule has 0 aromatic heterocycles. The number of hydrogen-bond donors (Lipinski definition) is 2. The predicted molar refractivity (Wildman–Crippen MR) is 132 cm³/mol. The van der Waals surface area contributed by atoms with Crippen LogP contribution in [-0.4, -0.2) is 78.8 Å². The monoisotopic (exact) mass is 479 g/mol. The molecule has 186 valence electrons. The SMILES string of the molecule is CCC(C)(CNC(=O)OCC1c2ccccc2-c2ccccc21)C(=O)N1CCN(C)C(C(=O)O)C1. The van der Waals surface area contributed by atoms with Crippen LogP contribution >= 0.6 is 0 Å². The number of nitrogens with one attached hydrogen (secondary N) is 1. The third-order valence-electron chi connectivity index (χ3n) is 7.48. The van der Waals surface area contributed by atoms with Crippen LogP contribution in [0.5, 0.6) is 0 Å². The first kappa shape index (κ1) is 24.7. The number of fused-ring (bicyclic) bond motifs is 3. The van der Waals surface area contributed by atoms with Crippen molar-refractivity contribution in [3.05, 3.63) is 59.7 Å². The maximum atomic E-state index is 13.3. The number of carbonyl (C=O) groups is 3. The Kier molecular flexibility index (Phi) is 7.12. The van der Waals surface area contributed by atoms with Gasteiger partial charge in [0.1, 0.15) is 12.6 Å². The summed E-state index contributed by atoms with van der Waals surface area (Å²) < 4.78 is 5.61. The van der Waals surface area contributed by atoms with Gasteiger partial charge in [-0.25, -0.2) is 4.79 Å². The molecule has 2 aromatic rings. The Bertz CT molecular complexity index is 1070. The molecule has 1 fully saturated rings. The molecule has 2 amide bonds. The second kappa shape index (κ2) is 10.1. The number of amides is 2. The van der Waals surface area contributed by atoms with Crippen molar-refractivity contribution >= 4 is 18.0 Å². The number of hydrogen-bond acceptors (Lipinski definition) is 5. The lowest BCUT2D eigenvalue weighted by molar-refractivity contribution is -0.151. The van der Waals surface area contributed by atoms with Crippen LogP contribution in [0.2, 0.25) is 0 Å². The molecule has 1 aliphatic heterocycles. The highest BCUT2D eigenvalue weighted by Gasteiger charge is 2.40. The van der Waals surface area contributed by atoms with Crippen LogP contribution < -0.4 is 5.32 Å². The first-order valence-electron chi connectivity index (χ1n) is 12.1. The van der Waals surface area contributed by atoms with Crippen molar-refractivity contribution in [3.63, 3.8) is 0 Å². The van der Waals surface area contributed by atoms with E-state index in [0.717, 1.165) is 22.3 Å². The summed E-state index contributed by atoms with van der Waals surface area (Å²) in [5.74, 6) is -1.14. The fourth-order valence-corrected chi connectivity index (χ4v) is 4.98. The zero-order valence-corrected chi connectivity index (χ0v) is 20.5. The minimum Gasteiger partial charge on any atom is -0.480 e. The van der Waals surface area contributed by atoms with Crippen molar-refractivity contribution in [2.45, 2.75) is 32.2 Å². The molecular formula is C27H33N3O5. The van der Waals surface area contributed by atoms with E-state index in [9.17, 15) is 19.5 Å². The molecule has 0 bridgehead atoms. The van der Waals surface area contributed by atoms with E-state index in [1.54, 1.807) is 23.8 Å². The quantitative estimate of drug-likeness (QED) is 0.633. The van der Waals surface area contributed by atoms with Gasteiger partial charge >= 0.3 is 12.1 Å². The smallest absolute Gasteiger partial charge is 0.407 e. The summed E-state index contributed by atoms with van der Waals surface area (Å²) >= 11 is 0. The molecule has 2 unspecified atom stereocenters. The highest BCUT2D eigenvalue weighted by Crippen LogP contribution is 2.44. The van der Waals surface area contributed by atoms with E-state index < -0.39 is 23.5 Å². The van der Waals surface area contributed by atoms with Crippen LogP contribution in [0, 0.1) is 5.41 Å². The van der Waals surface area contributed by atoms with Crippen molar-refractivity contribution < 1.29 is 24.2 Å². The largest absolute Gasteiger partial charge is 0.480 e. The molecule has 1 aliphatic carbocycles. The number of ether oxygens (including phenoxy) is 1. The summed E-state index contributed by atoms with van der Waals surface area (Å²) in [7, 11) is 1.75. The Morgan fingerprint density at radius 1 is 1.06 bits per heavy atom. The summed E-state index contributed by atoms with van der Waals surface area (Å²) in [6.07, 6.45) is -0.0688. The fourth-order valence-electron chi connectivity index (χ4n) is 4.98. The van der Waals surface area contributed by atoms with E-state index in [1.807, 2.05) is 31.2 Å². The van der Waals surface area contributed by atoms with Gasteiger partial charge in [-0.15, -0.1) is 0 Å². The molecule has 2 aliphatic rings. The van der Waals surface area contributed by atoms with Crippen LogP contribution in [0.1, 0.15) is 37.3 Å². The van der Waals surface area contributed by atoms with Gasteiger partial charge in [0.25, 0.3) is 0 Å². The number of carbonyl (C=O) groups excluding carboxylic acids is 2. The van der Waals surface area contributed by atoms with E-state index in [4.69, 9.17) is 4.74 Å². The molecule has 0 radical (unpaired) electrons. The molecule has 0 spiro atoms. The third kappa shape index (κ3) is 4.89. The predicted octanol–water partition coefficient (Wildman–Crippen LogP) is 3.17. The highest BCUT2D eigenvalue weighted by molar-refractivity contribution is 5.85. The average molecular weight is 480 g/mol. The molecule has 2 aromatic carbocycles. The standard InChI is InChI=1S/C27H33N3O5/c1-4-27(2,25(33)30-14-13-29(3)23(15-30)24(31)32)17-28-26(34)35-16-22-20-11-7-5-9-18(20)19-10-6-8-12-21(19)22/h5-12,22-23H,4,13-17H2,1-3H3,(H,28,34)(H,31,32). The molecule has 2 atom stereocenters. The van der Waals surface area contributed by atoms with Crippen molar-refractivity contribution in [3.8, 4) is 11.1 Å². The van der Waals surface area contributed by atoms with Gasteiger partial charge in [-0.1, -0.05) is 55.5 Å². The molecule has 0 saturated carbocycles. The van der Waals surface area contributed by atoms with Gasteiger partial charge in [-0.3, -0.25) is 14.5 Å². The van der Waals surface area contributed by atoms with Gasteiger partial charge < -0.3 is 20.1 Å². The maximum Gasteiger partial charge on any atom is 0.407 e. The maximum absolute atomic E-state index is 13.3. The normalized spacial score (nSPS) is 19.4. The third-order valence-corrected chi connectivity index (χ3v) is 7.48. The Labute approximate surface area is 205 Å². The van der Waals surface area contributed by atoms with Gasteiger partial charge in [-0.05, 0) is 42.6 Å². The molecule has 1 saturated heterocycles. The number of likely N-dealkylation sites (N-methyl/N-ethyl adjacent to an activating group) is 1. The molecular weight excluding hydrogens is 446 g/mol. The zero-order chi connectivity index (χ0) is 25.2. The topological polar surface area (TPSA) is 99.2 Å². The lowest BCUT2D eigenvalue weighted by Crippen LogP contribution is -2.59. The molecule has 2 N–H and O–H groups in total. The van der Waals surface area contributed by atoms with Crippen LogP contribution in [0.3, 0.4) is 0 Å². The summed E-state index contributed by atoms with van der Waals surface area (Å²) in [6.45, 7) is 5.08. The van der Waals surface area contributed by atoms with Gasteiger partial charge in [0, 0.05) is 32.1 Å². The summed E-state index contributed by atoms with van der Waals surface area (Å²) in [5, 5.41) is 12.2.